The molecule has 2 N–H and O–H groups in total. The molecule has 19 heavy (non-hydrogen) atoms. The van der Waals surface area contributed by atoms with Crippen molar-refractivity contribution in [1.82, 2.24) is 5.32 Å². The lowest BCUT2D eigenvalue weighted by Gasteiger charge is -2.30. The van der Waals surface area contributed by atoms with Gasteiger partial charge in [0.1, 0.15) is 0 Å². The van der Waals surface area contributed by atoms with Gasteiger partial charge in [0.25, 0.3) is 5.91 Å². The second-order valence-electron chi connectivity index (χ2n) is 4.96. The van der Waals surface area contributed by atoms with Gasteiger partial charge in [0.05, 0.1) is 17.0 Å². The van der Waals surface area contributed by atoms with E-state index < -0.39 is 5.54 Å². The smallest absolute Gasteiger partial charge is 0.261 e. The molecule has 0 aliphatic carbocycles. The molecule has 0 saturated carbocycles. The Balaban J connectivity index is 2.13. The number of carbonyl (C=O) groups excluding carboxylic acids is 1. The van der Waals surface area contributed by atoms with Crippen LogP contribution in [-0.4, -0.2) is 28.9 Å². The number of aryl methyl sites for hydroxylation is 1. The lowest BCUT2D eigenvalue weighted by atomic mass is 9.94. The molecule has 5 heteroatoms. The Morgan fingerprint density at radius 3 is 2.79 bits per heavy atom. The van der Waals surface area contributed by atoms with Crippen LogP contribution in [0.5, 0.6) is 0 Å². The number of rotatable bonds is 5. The van der Waals surface area contributed by atoms with E-state index in [1.54, 1.807) is 11.3 Å². The number of hydrogen-bond donors (Lipinski definition) is 2. The average Bonchev–Trinajstić information content (AvgIpc) is 2.89. The Labute approximate surface area is 122 Å². The van der Waals surface area contributed by atoms with Crippen LogP contribution in [0.1, 0.15) is 46.8 Å². The van der Waals surface area contributed by atoms with Crippen molar-refractivity contribution in [1.29, 1.82) is 0 Å². The summed E-state index contributed by atoms with van der Waals surface area (Å²) in [7, 11) is 0. The molecule has 1 aliphatic rings. The van der Waals surface area contributed by atoms with Gasteiger partial charge in [0.15, 0.2) is 0 Å². The first-order valence-electron chi connectivity index (χ1n) is 6.77. The zero-order valence-electron chi connectivity index (χ0n) is 11.5. The predicted molar refractivity (Wildman–Crippen MR) is 82.1 cm³/mol. The van der Waals surface area contributed by atoms with Crippen LogP contribution in [0.3, 0.4) is 0 Å². The van der Waals surface area contributed by atoms with E-state index in [0.29, 0.717) is 0 Å². The van der Waals surface area contributed by atoms with Crippen LogP contribution in [0.2, 0.25) is 0 Å². The van der Waals surface area contributed by atoms with Gasteiger partial charge in [-0.2, -0.15) is 11.8 Å². The zero-order valence-corrected chi connectivity index (χ0v) is 13.1. The fourth-order valence-electron chi connectivity index (χ4n) is 2.25. The Hall–Kier alpha value is -0.520. The molecule has 1 aromatic rings. The van der Waals surface area contributed by atoms with E-state index in [4.69, 9.17) is 0 Å². The number of carbonyl (C=O) groups is 1. The third-order valence-corrected chi connectivity index (χ3v) is 6.13. The fraction of sp³-hybridized carbons (Fsp3) is 0.643. The monoisotopic (exact) mass is 299 g/mol. The molecular weight excluding hydrogens is 278 g/mol. The minimum Gasteiger partial charge on any atom is -0.394 e. The van der Waals surface area contributed by atoms with Crippen molar-refractivity contribution in [3.05, 3.63) is 21.4 Å². The van der Waals surface area contributed by atoms with E-state index in [1.165, 1.54) is 10.4 Å². The Bertz CT molecular complexity index is 421. The molecule has 0 radical (unpaired) electrons. The first-order valence-corrected chi connectivity index (χ1v) is 8.74. The Morgan fingerprint density at radius 1 is 1.47 bits per heavy atom. The molecule has 1 amide bonds. The zero-order chi connectivity index (χ0) is 13.9. The van der Waals surface area contributed by atoms with Crippen molar-refractivity contribution in [2.24, 2.45) is 0 Å². The standard InChI is InChI=1S/C14H21NO2S2/c1-3-14(4-2,9-16)15-13(17)12-7-10-8-18-6-5-11(10)19-12/h7,16H,3-6,8-9H2,1-2H3,(H,15,17). The maximum absolute atomic E-state index is 12.3. The number of hydrogen-bond acceptors (Lipinski definition) is 4. The van der Waals surface area contributed by atoms with Crippen LogP contribution in [0.4, 0.5) is 0 Å². The van der Waals surface area contributed by atoms with Gasteiger partial charge < -0.3 is 10.4 Å². The summed E-state index contributed by atoms with van der Waals surface area (Å²) in [6, 6.07) is 2.02. The fourth-order valence-corrected chi connectivity index (χ4v) is 4.52. The van der Waals surface area contributed by atoms with Gasteiger partial charge >= 0.3 is 0 Å². The van der Waals surface area contributed by atoms with Gasteiger partial charge in [-0.3, -0.25) is 4.79 Å². The lowest BCUT2D eigenvalue weighted by Crippen LogP contribution is -2.50. The molecule has 0 aromatic carbocycles. The number of thioether (sulfide) groups is 1. The maximum atomic E-state index is 12.3. The van der Waals surface area contributed by atoms with Crippen molar-refractivity contribution in [2.75, 3.05) is 12.4 Å². The molecular formula is C14H21NO2S2. The van der Waals surface area contributed by atoms with E-state index >= 15 is 0 Å². The summed E-state index contributed by atoms with van der Waals surface area (Å²) >= 11 is 3.53. The summed E-state index contributed by atoms with van der Waals surface area (Å²) in [6.45, 7) is 3.98. The van der Waals surface area contributed by atoms with Gasteiger partial charge in [0.2, 0.25) is 0 Å². The number of fused-ring (bicyclic) bond motifs is 1. The number of aliphatic hydroxyl groups excluding tert-OH is 1. The molecule has 2 rings (SSSR count). The van der Waals surface area contributed by atoms with E-state index in [1.807, 2.05) is 31.7 Å². The summed E-state index contributed by atoms with van der Waals surface area (Å²) in [5.74, 6) is 2.13. The van der Waals surface area contributed by atoms with E-state index in [9.17, 15) is 9.90 Å². The number of amides is 1. The first kappa shape index (κ1) is 14.9. The number of thiophene rings is 1. The predicted octanol–water partition coefficient (Wildman–Crippen LogP) is 2.82. The summed E-state index contributed by atoms with van der Waals surface area (Å²) in [6.07, 6.45) is 2.56. The van der Waals surface area contributed by atoms with Gasteiger partial charge in [-0.05, 0) is 36.6 Å². The molecule has 3 nitrogen and oxygen atoms in total. The van der Waals surface area contributed by atoms with Gasteiger partial charge in [0, 0.05) is 10.6 Å². The van der Waals surface area contributed by atoms with Crippen LogP contribution in [0.15, 0.2) is 6.07 Å². The third-order valence-electron chi connectivity index (χ3n) is 3.89. The average molecular weight is 299 g/mol. The largest absolute Gasteiger partial charge is 0.394 e. The number of aliphatic hydroxyl groups is 1. The first-order chi connectivity index (χ1) is 9.14. The summed E-state index contributed by atoms with van der Waals surface area (Å²) in [5.41, 5.74) is 0.838. The third kappa shape index (κ3) is 3.15. The van der Waals surface area contributed by atoms with Crippen molar-refractivity contribution in [2.45, 2.75) is 44.4 Å². The molecule has 2 heterocycles. The Kier molecular flexibility index (Phi) is 4.92. The molecule has 1 aromatic heterocycles. The van der Waals surface area contributed by atoms with Gasteiger partial charge in [-0.1, -0.05) is 13.8 Å². The molecule has 0 spiro atoms. The molecule has 0 fully saturated rings. The SMILES string of the molecule is CCC(CC)(CO)NC(=O)c1cc2c(s1)CCSC2. The van der Waals surface area contributed by atoms with E-state index in [0.717, 1.165) is 35.6 Å². The summed E-state index contributed by atoms with van der Waals surface area (Å²) in [4.78, 5) is 14.5. The van der Waals surface area contributed by atoms with Crippen LogP contribution in [-0.2, 0) is 12.2 Å². The lowest BCUT2D eigenvalue weighted by molar-refractivity contribution is 0.0822. The van der Waals surface area contributed by atoms with Crippen LogP contribution in [0, 0.1) is 0 Å². The molecule has 106 valence electrons. The van der Waals surface area contributed by atoms with Crippen molar-refractivity contribution >= 4 is 29.0 Å². The molecule has 0 saturated heterocycles. The highest BCUT2D eigenvalue weighted by Crippen LogP contribution is 2.32. The van der Waals surface area contributed by atoms with Gasteiger partial charge in [-0.15, -0.1) is 11.3 Å². The minimum atomic E-state index is -0.476. The second kappa shape index (κ2) is 6.29. The summed E-state index contributed by atoms with van der Waals surface area (Å²) in [5, 5.41) is 12.5. The Morgan fingerprint density at radius 2 is 2.21 bits per heavy atom. The highest BCUT2D eigenvalue weighted by Gasteiger charge is 2.28. The molecule has 1 aliphatic heterocycles. The maximum Gasteiger partial charge on any atom is 0.261 e. The van der Waals surface area contributed by atoms with Gasteiger partial charge in [-0.25, -0.2) is 0 Å². The van der Waals surface area contributed by atoms with Crippen molar-refractivity contribution < 1.29 is 9.90 Å². The number of nitrogens with one attached hydrogen (secondary N) is 1. The van der Waals surface area contributed by atoms with E-state index in [-0.39, 0.29) is 12.5 Å². The topological polar surface area (TPSA) is 49.3 Å². The van der Waals surface area contributed by atoms with Crippen molar-refractivity contribution in [3.63, 3.8) is 0 Å². The minimum absolute atomic E-state index is 0.00726. The van der Waals surface area contributed by atoms with Crippen LogP contribution in [0.25, 0.3) is 0 Å². The highest BCUT2D eigenvalue weighted by molar-refractivity contribution is 7.98. The van der Waals surface area contributed by atoms with Crippen LogP contribution < -0.4 is 5.32 Å². The van der Waals surface area contributed by atoms with E-state index in [2.05, 4.69) is 5.32 Å². The quantitative estimate of drug-likeness (QED) is 0.879. The second-order valence-corrected chi connectivity index (χ2v) is 7.20. The molecule has 0 bridgehead atoms. The highest BCUT2D eigenvalue weighted by atomic mass is 32.2. The summed E-state index contributed by atoms with van der Waals surface area (Å²) < 4.78 is 0. The molecule has 0 atom stereocenters. The van der Waals surface area contributed by atoms with Crippen LogP contribution >= 0.6 is 23.1 Å². The normalized spacial score (nSPS) is 15.1. The van der Waals surface area contributed by atoms with Crippen molar-refractivity contribution in [3.8, 4) is 0 Å². The molecule has 0 unspecified atom stereocenters.